The minimum atomic E-state index is -4.09. The average molecular weight is 378 g/mol. The largest absolute Gasteiger partial charge is 0.379 e. The number of carbonyl (C=O) groups excluding carboxylic acids is 1. The Labute approximate surface area is 151 Å². The standard InChI is InChI=1S/C18H19FN2O4S/c1-14(22)20-9-11-21(12-10-20)16-5-7-17(8-6-16)25-26(23,24)18-4-2-3-15(19)13-18/h2-8,13H,9-12H2,1H3. The molecule has 26 heavy (non-hydrogen) atoms. The molecular formula is C18H19FN2O4S. The van der Waals surface area contributed by atoms with E-state index in [9.17, 15) is 17.6 Å². The molecule has 0 aromatic heterocycles. The van der Waals surface area contributed by atoms with Gasteiger partial charge in [-0.05, 0) is 42.5 Å². The Hall–Kier alpha value is -2.61. The minimum Gasteiger partial charge on any atom is -0.379 e. The molecule has 1 heterocycles. The molecule has 1 aliphatic heterocycles. The van der Waals surface area contributed by atoms with Crippen molar-refractivity contribution >= 4 is 21.7 Å². The predicted octanol–water partition coefficient (Wildman–Crippen LogP) is 2.26. The summed E-state index contributed by atoms with van der Waals surface area (Å²) in [7, 11) is -4.09. The van der Waals surface area contributed by atoms with Crippen molar-refractivity contribution in [3.63, 3.8) is 0 Å². The van der Waals surface area contributed by atoms with E-state index >= 15 is 0 Å². The number of nitrogens with zero attached hydrogens (tertiary/aromatic N) is 2. The molecule has 1 amide bonds. The van der Waals surface area contributed by atoms with E-state index in [-0.39, 0.29) is 16.6 Å². The maximum atomic E-state index is 13.2. The zero-order chi connectivity index (χ0) is 18.7. The molecule has 0 unspecified atom stereocenters. The van der Waals surface area contributed by atoms with E-state index < -0.39 is 15.9 Å². The molecule has 0 aliphatic carbocycles. The first kappa shape index (κ1) is 18.2. The van der Waals surface area contributed by atoms with Crippen LogP contribution in [0.3, 0.4) is 0 Å². The summed E-state index contributed by atoms with van der Waals surface area (Å²) in [4.78, 5) is 15.0. The molecule has 2 aromatic carbocycles. The predicted molar refractivity (Wildman–Crippen MR) is 95.1 cm³/mol. The first-order valence-electron chi connectivity index (χ1n) is 8.16. The first-order chi connectivity index (χ1) is 12.3. The van der Waals surface area contributed by atoms with E-state index in [2.05, 4.69) is 4.90 Å². The summed E-state index contributed by atoms with van der Waals surface area (Å²) < 4.78 is 42.7. The molecule has 1 aliphatic rings. The third kappa shape index (κ3) is 4.13. The number of anilines is 1. The van der Waals surface area contributed by atoms with Crippen LogP contribution in [0.5, 0.6) is 5.75 Å². The number of rotatable bonds is 4. The van der Waals surface area contributed by atoms with Gasteiger partial charge in [-0.15, -0.1) is 0 Å². The third-order valence-electron chi connectivity index (χ3n) is 4.22. The lowest BCUT2D eigenvalue weighted by atomic mass is 10.2. The van der Waals surface area contributed by atoms with Gasteiger partial charge in [0.2, 0.25) is 5.91 Å². The zero-order valence-electron chi connectivity index (χ0n) is 14.3. The van der Waals surface area contributed by atoms with Crippen molar-refractivity contribution in [2.24, 2.45) is 0 Å². The highest BCUT2D eigenvalue weighted by Crippen LogP contribution is 2.24. The van der Waals surface area contributed by atoms with E-state index in [4.69, 9.17) is 4.18 Å². The van der Waals surface area contributed by atoms with Crippen LogP contribution in [-0.2, 0) is 14.9 Å². The maximum Gasteiger partial charge on any atom is 0.339 e. The minimum absolute atomic E-state index is 0.0657. The van der Waals surface area contributed by atoms with Crippen LogP contribution in [0, 0.1) is 5.82 Å². The number of piperazine rings is 1. The maximum absolute atomic E-state index is 13.2. The van der Waals surface area contributed by atoms with Crippen LogP contribution in [-0.4, -0.2) is 45.4 Å². The average Bonchev–Trinajstić information content (AvgIpc) is 2.62. The molecule has 1 fully saturated rings. The number of hydrogen-bond donors (Lipinski definition) is 0. The summed E-state index contributed by atoms with van der Waals surface area (Å²) in [5.41, 5.74) is 0.920. The molecule has 0 spiro atoms. The lowest BCUT2D eigenvalue weighted by molar-refractivity contribution is -0.129. The van der Waals surface area contributed by atoms with E-state index in [0.29, 0.717) is 26.2 Å². The summed E-state index contributed by atoms with van der Waals surface area (Å²) in [6.45, 7) is 4.28. The van der Waals surface area contributed by atoms with Crippen molar-refractivity contribution in [2.45, 2.75) is 11.8 Å². The second-order valence-electron chi connectivity index (χ2n) is 5.98. The molecular weight excluding hydrogens is 359 g/mol. The van der Waals surface area contributed by atoms with Crippen LogP contribution in [0.15, 0.2) is 53.4 Å². The van der Waals surface area contributed by atoms with Crippen LogP contribution < -0.4 is 9.08 Å². The van der Waals surface area contributed by atoms with Crippen LogP contribution in [0.2, 0.25) is 0 Å². The zero-order valence-corrected chi connectivity index (χ0v) is 15.1. The highest BCUT2D eigenvalue weighted by molar-refractivity contribution is 7.87. The molecule has 3 rings (SSSR count). The quantitative estimate of drug-likeness (QED) is 0.764. The van der Waals surface area contributed by atoms with E-state index in [1.54, 1.807) is 36.1 Å². The van der Waals surface area contributed by atoms with Gasteiger partial charge in [-0.2, -0.15) is 8.42 Å². The summed E-state index contributed by atoms with van der Waals surface area (Å²) in [5.74, 6) is -0.425. The van der Waals surface area contributed by atoms with Gasteiger partial charge in [-0.1, -0.05) is 6.07 Å². The molecule has 138 valence electrons. The lowest BCUT2D eigenvalue weighted by Gasteiger charge is -2.35. The fourth-order valence-corrected chi connectivity index (χ4v) is 3.75. The molecule has 1 saturated heterocycles. The smallest absolute Gasteiger partial charge is 0.339 e. The second kappa shape index (κ2) is 7.33. The van der Waals surface area contributed by atoms with Crippen LogP contribution in [0.1, 0.15) is 6.92 Å². The van der Waals surface area contributed by atoms with Crippen molar-refractivity contribution in [3.05, 3.63) is 54.3 Å². The SMILES string of the molecule is CC(=O)N1CCN(c2ccc(OS(=O)(=O)c3cccc(F)c3)cc2)CC1. The van der Waals surface area contributed by atoms with Crippen molar-refractivity contribution in [2.75, 3.05) is 31.1 Å². The fourth-order valence-electron chi connectivity index (χ4n) is 2.79. The highest BCUT2D eigenvalue weighted by atomic mass is 32.2. The first-order valence-corrected chi connectivity index (χ1v) is 9.56. The number of benzene rings is 2. The van der Waals surface area contributed by atoms with Gasteiger partial charge in [0.15, 0.2) is 0 Å². The monoisotopic (exact) mass is 378 g/mol. The molecule has 0 saturated carbocycles. The third-order valence-corrected chi connectivity index (χ3v) is 5.46. The van der Waals surface area contributed by atoms with Crippen molar-refractivity contribution < 1.29 is 21.8 Å². The van der Waals surface area contributed by atoms with Crippen LogP contribution >= 0.6 is 0 Å². The Morgan fingerprint density at radius 3 is 2.27 bits per heavy atom. The number of amides is 1. The van der Waals surface area contributed by atoms with Crippen LogP contribution in [0.4, 0.5) is 10.1 Å². The Balaban J connectivity index is 1.67. The topological polar surface area (TPSA) is 66.9 Å². The Morgan fingerprint density at radius 1 is 1.04 bits per heavy atom. The molecule has 0 radical (unpaired) electrons. The Bertz CT molecular complexity index is 892. The van der Waals surface area contributed by atoms with Crippen LogP contribution in [0.25, 0.3) is 0 Å². The van der Waals surface area contributed by atoms with E-state index in [0.717, 1.165) is 11.8 Å². The second-order valence-corrected chi connectivity index (χ2v) is 7.53. The molecule has 0 bridgehead atoms. The number of halogens is 1. The van der Waals surface area contributed by atoms with Crippen molar-refractivity contribution in [1.29, 1.82) is 0 Å². The van der Waals surface area contributed by atoms with Crippen molar-refractivity contribution in [1.82, 2.24) is 4.90 Å². The summed E-state index contributed by atoms with van der Waals surface area (Å²) in [6, 6.07) is 11.3. The molecule has 0 N–H and O–H groups in total. The van der Waals surface area contributed by atoms with Crippen molar-refractivity contribution in [3.8, 4) is 5.75 Å². The van der Waals surface area contributed by atoms with Gasteiger partial charge < -0.3 is 14.0 Å². The van der Waals surface area contributed by atoms with Gasteiger partial charge in [-0.25, -0.2) is 4.39 Å². The van der Waals surface area contributed by atoms with E-state index in [1.807, 2.05) is 0 Å². The summed E-state index contributed by atoms with van der Waals surface area (Å²) >= 11 is 0. The van der Waals surface area contributed by atoms with Gasteiger partial charge in [-0.3, -0.25) is 4.79 Å². The highest BCUT2D eigenvalue weighted by Gasteiger charge is 2.20. The van der Waals surface area contributed by atoms with Gasteiger partial charge in [0.05, 0.1) is 0 Å². The summed E-state index contributed by atoms with van der Waals surface area (Å²) in [6.07, 6.45) is 0. The number of carbonyl (C=O) groups is 1. The van der Waals surface area contributed by atoms with Gasteiger partial charge >= 0.3 is 10.1 Å². The summed E-state index contributed by atoms with van der Waals surface area (Å²) in [5, 5.41) is 0. The Morgan fingerprint density at radius 2 is 1.69 bits per heavy atom. The molecule has 2 aromatic rings. The normalized spacial score (nSPS) is 15.0. The fraction of sp³-hybridized carbons (Fsp3) is 0.278. The number of hydrogen-bond acceptors (Lipinski definition) is 5. The van der Waals surface area contributed by atoms with Gasteiger partial charge in [0.1, 0.15) is 16.5 Å². The molecule has 0 atom stereocenters. The lowest BCUT2D eigenvalue weighted by Crippen LogP contribution is -2.48. The Kier molecular flexibility index (Phi) is 5.13. The molecule has 8 heteroatoms. The van der Waals surface area contributed by atoms with Gasteiger partial charge in [0, 0.05) is 38.8 Å². The van der Waals surface area contributed by atoms with Gasteiger partial charge in [0.25, 0.3) is 0 Å². The molecule has 6 nitrogen and oxygen atoms in total. The van der Waals surface area contributed by atoms with E-state index in [1.165, 1.54) is 18.2 Å².